The van der Waals surface area contributed by atoms with Crippen LogP contribution in [-0.2, 0) is 4.79 Å². The molecule has 3 rings (SSSR count). The van der Waals surface area contributed by atoms with Gasteiger partial charge >= 0.3 is 0 Å². The van der Waals surface area contributed by atoms with Gasteiger partial charge in [0.05, 0.1) is 26.2 Å². The number of halogens is 1. The number of hydrogen-bond donors (Lipinski definition) is 3. The maximum atomic E-state index is 12.5. The first kappa shape index (κ1) is 17.6. The van der Waals surface area contributed by atoms with Gasteiger partial charge in [0.2, 0.25) is 0 Å². The molecule has 2 aromatic rings. The van der Waals surface area contributed by atoms with E-state index in [0.29, 0.717) is 5.02 Å². The van der Waals surface area contributed by atoms with Gasteiger partial charge in [-0.05, 0) is 55.5 Å². The summed E-state index contributed by atoms with van der Waals surface area (Å²) < 4.78 is 0. The van der Waals surface area contributed by atoms with Crippen molar-refractivity contribution in [1.29, 1.82) is 0 Å². The van der Waals surface area contributed by atoms with Gasteiger partial charge in [-0.1, -0.05) is 11.6 Å². The maximum Gasteiger partial charge on any atom is 0.282 e. The normalized spacial score (nSPS) is 16.5. The number of quaternary nitrogens is 1. The molecule has 1 amide bonds. The van der Waals surface area contributed by atoms with E-state index in [1.54, 1.807) is 24.3 Å². The van der Waals surface area contributed by atoms with Gasteiger partial charge in [-0.15, -0.1) is 0 Å². The molecule has 1 aliphatic rings. The topological polar surface area (TPSA) is 57.0 Å². The Morgan fingerprint density at radius 1 is 1.12 bits per heavy atom. The molecule has 5 nitrogen and oxygen atoms in total. The summed E-state index contributed by atoms with van der Waals surface area (Å²) >= 11 is 5.87. The average Bonchev–Trinajstić information content (AvgIpc) is 2.64. The zero-order valence-corrected chi connectivity index (χ0v) is 15.0. The Bertz CT molecular complexity index is 710. The van der Waals surface area contributed by atoms with Gasteiger partial charge in [0.25, 0.3) is 5.91 Å². The molecule has 0 aliphatic carbocycles. The van der Waals surface area contributed by atoms with Crippen LogP contribution >= 0.6 is 11.6 Å². The monoisotopic (exact) mass is 360 g/mol. The average molecular weight is 361 g/mol. The first-order valence-corrected chi connectivity index (χ1v) is 8.86. The van der Waals surface area contributed by atoms with E-state index in [9.17, 15) is 9.90 Å². The van der Waals surface area contributed by atoms with Crippen LogP contribution < -0.4 is 15.1 Å². The van der Waals surface area contributed by atoms with Crippen LogP contribution in [0.15, 0.2) is 48.5 Å². The molecule has 1 fully saturated rings. The van der Waals surface area contributed by atoms with E-state index in [1.165, 1.54) is 4.90 Å². The highest BCUT2D eigenvalue weighted by Crippen LogP contribution is 2.18. The van der Waals surface area contributed by atoms with Crippen molar-refractivity contribution in [2.75, 3.05) is 36.4 Å². The molecule has 25 heavy (non-hydrogen) atoms. The second kappa shape index (κ2) is 7.76. The molecule has 3 N–H and O–H groups in total. The van der Waals surface area contributed by atoms with Crippen molar-refractivity contribution in [3.63, 3.8) is 0 Å². The summed E-state index contributed by atoms with van der Waals surface area (Å²) in [4.78, 5) is 16.0. The number of aromatic hydroxyl groups is 1. The molecule has 1 saturated heterocycles. The van der Waals surface area contributed by atoms with Crippen molar-refractivity contribution in [2.45, 2.75) is 13.0 Å². The minimum Gasteiger partial charge on any atom is -0.508 e. The molecule has 6 heteroatoms. The number of hydrogen-bond acceptors (Lipinski definition) is 3. The predicted molar refractivity (Wildman–Crippen MR) is 101 cm³/mol. The van der Waals surface area contributed by atoms with Gasteiger partial charge in [0, 0.05) is 16.4 Å². The molecule has 0 aromatic heterocycles. The van der Waals surface area contributed by atoms with Gasteiger partial charge in [-0.2, -0.15) is 0 Å². The predicted octanol–water partition coefficient (Wildman–Crippen LogP) is 1.78. The first-order valence-electron chi connectivity index (χ1n) is 8.48. The second-order valence-corrected chi connectivity index (χ2v) is 6.82. The molecule has 1 aliphatic heterocycles. The fraction of sp³-hybridized carbons (Fsp3) is 0.316. The fourth-order valence-electron chi connectivity index (χ4n) is 3.12. The Labute approximate surface area is 152 Å². The number of carbonyl (C=O) groups is 1. The maximum absolute atomic E-state index is 12.5. The van der Waals surface area contributed by atoms with Crippen LogP contribution in [0.25, 0.3) is 0 Å². The third-order valence-electron chi connectivity index (χ3n) is 4.74. The largest absolute Gasteiger partial charge is 0.508 e. The van der Waals surface area contributed by atoms with Crippen LogP contribution in [0.1, 0.15) is 6.92 Å². The summed E-state index contributed by atoms with van der Waals surface area (Å²) in [5.74, 6) is 0.302. The van der Waals surface area contributed by atoms with Crippen LogP contribution in [0.5, 0.6) is 5.75 Å². The molecule has 0 saturated carbocycles. The summed E-state index contributed by atoms with van der Waals surface area (Å²) in [5, 5.41) is 13.0. The quantitative estimate of drug-likeness (QED) is 0.779. The molecule has 1 heterocycles. The lowest BCUT2D eigenvalue weighted by Gasteiger charge is -2.36. The van der Waals surface area contributed by atoms with Gasteiger partial charge in [0.1, 0.15) is 5.75 Å². The number of amides is 1. The Kier molecular flexibility index (Phi) is 5.46. The van der Waals surface area contributed by atoms with E-state index < -0.39 is 0 Å². The van der Waals surface area contributed by atoms with E-state index >= 15 is 0 Å². The molecular weight excluding hydrogens is 338 g/mol. The minimum atomic E-state index is -0.113. The molecule has 1 atom stereocenters. The number of nitrogens with zero attached hydrogens (tertiary/aromatic N) is 1. The highest BCUT2D eigenvalue weighted by Gasteiger charge is 2.29. The van der Waals surface area contributed by atoms with Crippen LogP contribution in [0, 0.1) is 0 Å². The lowest BCUT2D eigenvalue weighted by atomic mass is 10.2. The molecule has 2 aromatic carbocycles. The fourth-order valence-corrected chi connectivity index (χ4v) is 3.24. The molecule has 0 unspecified atom stereocenters. The number of rotatable bonds is 4. The van der Waals surface area contributed by atoms with Crippen molar-refractivity contribution in [2.24, 2.45) is 0 Å². The SMILES string of the molecule is C[C@H](C(=O)Nc1ccc(Cl)cc1)[NH+]1CCN(c2ccc(O)cc2)CC1. The lowest BCUT2D eigenvalue weighted by molar-refractivity contribution is -0.914. The van der Waals surface area contributed by atoms with E-state index in [1.807, 2.05) is 31.2 Å². The molecule has 0 bridgehead atoms. The first-order chi connectivity index (χ1) is 12.0. The standard InChI is InChI=1S/C19H22ClN3O2/c1-14(19(25)21-16-4-2-15(20)3-5-16)22-10-12-23(13-11-22)17-6-8-18(24)9-7-17/h2-9,14,24H,10-13H2,1H3,(H,21,25)/p+1/t14-/m1/s1. The minimum absolute atomic E-state index is 0.0235. The molecule has 0 spiro atoms. The molecule has 0 radical (unpaired) electrons. The summed E-state index contributed by atoms with van der Waals surface area (Å²) in [7, 11) is 0. The lowest BCUT2D eigenvalue weighted by Crippen LogP contribution is -3.19. The number of piperazine rings is 1. The number of anilines is 2. The van der Waals surface area contributed by atoms with Gasteiger partial charge in [0.15, 0.2) is 6.04 Å². The van der Waals surface area contributed by atoms with E-state index in [-0.39, 0.29) is 17.7 Å². The van der Waals surface area contributed by atoms with Crippen LogP contribution in [-0.4, -0.2) is 43.2 Å². The van der Waals surface area contributed by atoms with Crippen molar-refractivity contribution >= 4 is 28.9 Å². The van der Waals surface area contributed by atoms with Gasteiger partial charge in [-0.25, -0.2) is 0 Å². The van der Waals surface area contributed by atoms with E-state index in [2.05, 4.69) is 10.2 Å². The number of nitrogens with one attached hydrogen (secondary N) is 2. The van der Waals surface area contributed by atoms with Crippen molar-refractivity contribution in [1.82, 2.24) is 0 Å². The zero-order chi connectivity index (χ0) is 17.8. The van der Waals surface area contributed by atoms with Crippen molar-refractivity contribution < 1.29 is 14.8 Å². The summed E-state index contributed by atoms with van der Waals surface area (Å²) in [6.45, 7) is 5.54. The number of carbonyl (C=O) groups excluding carboxylic acids is 1. The van der Waals surface area contributed by atoms with Gasteiger partial charge in [-0.3, -0.25) is 4.79 Å². The Hall–Kier alpha value is -2.24. The Morgan fingerprint density at radius 2 is 1.72 bits per heavy atom. The van der Waals surface area contributed by atoms with E-state index in [0.717, 1.165) is 37.6 Å². The van der Waals surface area contributed by atoms with Crippen LogP contribution in [0.2, 0.25) is 5.02 Å². The number of phenolic OH excluding ortho intramolecular Hbond substituents is 1. The number of phenols is 1. The third kappa shape index (κ3) is 4.44. The third-order valence-corrected chi connectivity index (χ3v) is 4.99. The van der Waals surface area contributed by atoms with Crippen molar-refractivity contribution in [3.05, 3.63) is 53.6 Å². The van der Waals surface area contributed by atoms with Crippen molar-refractivity contribution in [3.8, 4) is 5.75 Å². The highest BCUT2D eigenvalue weighted by molar-refractivity contribution is 6.30. The van der Waals surface area contributed by atoms with Crippen LogP contribution in [0.3, 0.4) is 0 Å². The molecule has 132 valence electrons. The Morgan fingerprint density at radius 3 is 2.32 bits per heavy atom. The summed E-state index contributed by atoms with van der Waals surface area (Å²) in [6.07, 6.45) is 0. The highest BCUT2D eigenvalue weighted by atomic mass is 35.5. The van der Waals surface area contributed by atoms with Gasteiger partial charge < -0.3 is 20.2 Å². The smallest absolute Gasteiger partial charge is 0.282 e. The zero-order valence-electron chi connectivity index (χ0n) is 14.2. The molecular formula is C19H23ClN3O2+. The second-order valence-electron chi connectivity index (χ2n) is 6.38. The summed E-state index contributed by atoms with van der Waals surface area (Å²) in [5.41, 5.74) is 1.87. The number of benzene rings is 2. The van der Waals surface area contributed by atoms with E-state index in [4.69, 9.17) is 11.6 Å². The Balaban J connectivity index is 1.53. The van der Waals surface area contributed by atoms with Crippen LogP contribution in [0.4, 0.5) is 11.4 Å². The summed E-state index contributed by atoms with van der Waals surface area (Å²) in [6, 6.07) is 14.3.